The van der Waals surface area contributed by atoms with Gasteiger partial charge in [-0.25, -0.2) is 4.68 Å². The van der Waals surface area contributed by atoms with Gasteiger partial charge in [0.25, 0.3) is 5.56 Å². The maximum atomic E-state index is 12.0. The van der Waals surface area contributed by atoms with Crippen molar-refractivity contribution in [1.29, 1.82) is 0 Å². The number of aromatic nitrogens is 2. The predicted octanol–water partition coefficient (Wildman–Crippen LogP) is 2.84. The van der Waals surface area contributed by atoms with Crippen LogP contribution in [0.3, 0.4) is 0 Å². The number of hydrogen-bond acceptors (Lipinski definition) is 4. The number of anilines is 1. The zero-order valence-electron chi connectivity index (χ0n) is 13.7. The summed E-state index contributed by atoms with van der Waals surface area (Å²) < 4.78 is 1.40. The molecule has 0 fully saturated rings. The molecule has 0 amide bonds. The van der Waals surface area contributed by atoms with Crippen molar-refractivity contribution < 1.29 is 0 Å². The fourth-order valence-electron chi connectivity index (χ4n) is 2.39. The van der Waals surface area contributed by atoms with Crippen molar-refractivity contribution in [3.8, 4) is 0 Å². The Balaban J connectivity index is 2.68. The maximum Gasteiger partial charge on any atom is 0.287 e. The quantitative estimate of drug-likeness (QED) is 0.801. The molecule has 1 aromatic heterocycles. The van der Waals surface area contributed by atoms with Crippen LogP contribution in [0.4, 0.5) is 5.69 Å². The second kappa shape index (κ2) is 8.39. The molecule has 0 radical (unpaired) electrons. The number of rotatable bonds is 8. The van der Waals surface area contributed by atoms with Gasteiger partial charge in [0.1, 0.15) is 5.02 Å². The van der Waals surface area contributed by atoms with Crippen LogP contribution >= 0.6 is 11.6 Å². The Labute approximate surface area is 132 Å². The largest absolute Gasteiger partial charge is 0.381 e. The lowest BCUT2D eigenvalue weighted by Crippen LogP contribution is -2.40. The Morgan fingerprint density at radius 2 is 1.95 bits per heavy atom. The Hall–Kier alpha value is -1.07. The van der Waals surface area contributed by atoms with Gasteiger partial charge in [-0.3, -0.25) is 9.69 Å². The van der Waals surface area contributed by atoms with Gasteiger partial charge in [0.2, 0.25) is 0 Å². The molecule has 0 aliphatic carbocycles. The molecule has 1 N–H and O–H groups in total. The summed E-state index contributed by atoms with van der Waals surface area (Å²) in [5.74, 6) is 0. The van der Waals surface area contributed by atoms with Gasteiger partial charge in [0.05, 0.1) is 11.9 Å². The minimum Gasteiger partial charge on any atom is -0.381 e. The average molecular weight is 315 g/mol. The number of hydrogen-bond donors (Lipinski definition) is 1. The minimum absolute atomic E-state index is 0.221. The molecule has 5 nitrogen and oxygen atoms in total. The third-order valence-corrected chi connectivity index (χ3v) is 3.80. The van der Waals surface area contributed by atoms with Gasteiger partial charge in [-0.2, -0.15) is 5.10 Å². The topological polar surface area (TPSA) is 50.2 Å². The van der Waals surface area contributed by atoms with Crippen LogP contribution in [0.2, 0.25) is 5.02 Å². The van der Waals surface area contributed by atoms with Crippen molar-refractivity contribution in [2.45, 2.75) is 59.7 Å². The molecule has 1 aromatic rings. The summed E-state index contributed by atoms with van der Waals surface area (Å²) >= 11 is 6.13. The number of halogens is 1. The first-order chi connectivity index (χ1) is 9.88. The van der Waals surface area contributed by atoms with E-state index in [1.54, 1.807) is 6.20 Å². The van der Waals surface area contributed by atoms with E-state index in [1.807, 2.05) is 6.92 Å². The van der Waals surface area contributed by atoms with Crippen LogP contribution in [0.25, 0.3) is 0 Å². The molecule has 0 unspecified atom stereocenters. The highest BCUT2D eigenvalue weighted by atomic mass is 35.5. The van der Waals surface area contributed by atoms with Crippen molar-refractivity contribution in [2.75, 3.05) is 18.4 Å². The monoisotopic (exact) mass is 314 g/mol. The third-order valence-electron chi connectivity index (χ3n) is 3.43. The summed E-state index contributed by atoms with van der Waals surface area (Å²) in [6.07, 6.45) is 2.49. The molecule has 0 aromatic carbocycles. The molecule has 0 bridgehead atoms. The highest BCUT2D eigenvalue weighted by Crippen LogP contribution is 2.15. The van der Waals surface area contributed by atoms with Crippen molar-refractivity contribution >= 4 is 17.3 Å². The molecular formula is C15H27ClN4O. The van der Waals surface area contributed by atoms with Crippen molar-refractivity contribution in [2.24, 2.45) is 0 Å². The smallest absolute Gasteiger partial charge is 0.287 e. The highest BCUT2D eigenvalue weighted by molar-refractivity contribution is 6.32. The van der Waals surface area contributed by atoms with E-state index in [0.29, 0.717) is 24.3 Å². The van der Waals surface area contributed by atoms with E-state index in [2.05, 4.69) is 43.0 Å². The molecule has 0 saturated carbocycles. The summed E-state index contributed by atoms with van der Waals surface area (Å²) in [5.41, 5.74) is 0.384. The van der Waals surface area contributed by atoms with Crippen LogP contribution < -0.4 is 10.9 Å². The summed E-state index contributed by atoms with van der Waals surface area (Å²) in [4.78, 5) is 14.4. The van der Waals surface area contributed by atoms with Gasteiger partial charge in [-0.05, 0) is 34.1 Å². The van der Waals surface area contributed by atoms with E-state index in [4.69, 9.17) is 11.6 Å². The Morgan fingerprint density at radius 3 is 2.48 bits per heavy atom. The Morgan fingerprint density at radius 1 is 1.33 bits per heavy atom. The molecule has 1 heterocycles. The molecule has 6 heteroatoms. The molecule has 0 aliphatic heterocycles. The van der Waals surface area contributed by atoms with E-state index >= 15 is 0 Å². The molecule has 120 valence electrons. The van der Waals surface area contributed by atoms with Gasteiger partial charge in [0.15, 0.2) is 0 Å². The first-order valence-corrected chi connectivity index (χ1v) is 8.01. The number of aryl methyl sites for hydroxylation is 1. The highest BCUT2D eigenvalue weighted by Gasteiger charge is 2.13. The molecule has 0 spiro atoms. The fourth-order valence-corrected chi connectivity index (χ4v) is 2.60. The number of nitrogens with one attached hydrogen (secondary N) is 1. The Kier molecular flexibility index (Phi) is 7.18. The summed E-state index contributed by atoms with van der Waals surface area (Å²) in [5, 5.41) is 7.58. The second-order valence-electron chi connectivity index (χ2n) is 5.75. The molecule has 0 atom stereocenters. The molecule has 0 aliphatic rings. The van der Waals surface area contributed by atoms with Gasteiger partial charge in [-0.1, -0.05) is 18.5 Å². The van der Waals surface area contributed by atoms with Crippen molar-refractivity contribution in [3.63, 3.8) is 0 Å². The average Bonchev–Trinajstić information content (AvgIpc) is 2.41. The fraction of sp³-hybridized carbons (Fsp3) is 0.733. The zero-order valence-corrected chi connectivity index (χ0v) is 14.4. The lowest BCUT2D eigenvalue weighted by molar-refractivity contribution is 0.182. The van der Waals surface area contributed by atoms with Gasteiger partial charge >= 0.3 is 0 Å². The maximum absolute atomic E-state index is 12.0. The third kappa shape index (κ3) is 5.00. The van der Waals surface area contributed by atoms with Crippen LogP contribution in [0.5, 0.6) is 0 Å². The SMILES string of the molecule is CCCn1ncc(NCCN(C(C)C)C(C)C)c(Cl)c1=O. The lowest BCUT2D eigenvalue weighted by Gasteiger charge is -2.30. The predicted molar refractivity (Wildman–Crippen MR) is 89.3 cm³/mol. The number of nitrogens with zero attached hydrogens (tertiary/aromatic N) is 3. The second-order valence-corrected chi connectivity index (χ2v) is 6.13. The van der Waals surface area contributed by atoms with Crippen molar-refractivity contribution in [1.82, 2.24) is 14.7 Å². The standard InChI is InChI=1S/C15H27ClN4O/c1-6-8-20-15(21)14(16)13(10-18-20)17-7-9-19(11(2)3)12(4)5/h10-12,17H,6-9H2,1-5H3. The molecule has 1 rings (SSSR count). The zero-order chi connectivity index (χ0) is 16.0. The minimum atomic E-state index is -0.229. The molecule has 0 saturated heterocycles. The van der Waals surface area contributed by atoms with E-state index < -0.39 is 0 Å². The van der Waals surface area contributed by atoms with Gasteiger partial charge in [-0.15, -0.1) is 0 Å². The Bertz CT molecular complexity index is 491. The van der Waals surface area contributed by atoms with E-state index in [1.165, 1.54) is 4.68 Å². The first kappa shape index (κ1) is 18.0. The van der Waals surface area contributed by atoms with Crippen LogP contribution in [0.1, 0.15) is 41.0 Å². The van der Waals surface area contributed by atoms with Crippen LogP contribution in [-0.4, -0.2) is 39.9 Å². The van der Waals surface area contributed by atoms with Crippen molar-refractivity contribution in [3.05, 3.63) is 21.6 Å². The van der Waals surface area contributed by atoms with E-state index in [0.717, 1.165) is 19.5 Å². The summed E-state index contributed by atoms with van der Waals surface area (Å²) in [6, 6.07) is 0.968. The van der Waals surface area contributed by atoms with Crippen LogP contribution in [0, 0.1) is 0 Å². The van der Waals surface area contributed by atoms with Gasteiger partial charge < -0.3 is 5.32 Å². The first-order valence-electron chi connectivity index (χ1n) is 7.63. The van der Waals surface area contributed by atoms with Crippen LogP contribution in [-0.2, 0) is 6.54 Å². The van der Waals surface area contributed by atoms with Gasteiger partial charge in [0, 0.05) is 31.7 Å². The lowest BCUT2D eigenvalue weighted by atomic mass is 10.2. The van der Waals surface area contributed by atoms with Crippen LogP contribution in [0.15, 0.2) is 11.0 Å². The normalized spacial score (nSPS) is 11.7. The molecule has 21 heavy (non-hydrogen) atoms. The summed E-state index contributed by atoms with van der Waals surface area (Å²) in [6.45, 7) is 12.9. The van der Waals surface area contributed by atoms with E-state index in [-0.39, 0.29) is 10.6 Å². The molecular weight excluding hydrogens is 288 g/mol. The van der Waals surface area contributed by atoms with E-state index in [9.17, 15) is 4.79 Å². The summed E-state index contributed by atoms with van der Waals surface area (Å²) in [7, 11) is 0.